The van der Waals surface area contributed by atoms with Crippen LogP contribution < -0.4 is 0 Å². The zero-order chi connectivity index (χ0) is 41.7. The van der Waals surface area contributed by atoms with E-state index < -0.39 is 92.3 Å². The van der Waals surface area contributed by atoms with Gasteiger partial charge >= 0.3 is 6.18 Å². The number of hydrogen-bond donors (Lipinski definition) is 1. The van der Waals surface area contributed by atoms with E-state index in [1.807, 2.05) is 11.9 Å². The molecular weight excluding hydrogens is 790 g/mol. The molecule has 3 aromatic heterocycles. The summed E-state index contributed by atoms with van der Waals surface area (Å²) in [6.45, 7) is -0.370. The van der Waals surface area contributed by atoms with Crippen molar-refractivity contribution in [2.75, 3.05) is 26.4 Å². The van der Waals surface area contributed by atoms with Gasteiger partial charge in [-0.25, -0.2) is 13.8 Å². The van der Waals surface area contributed by atoms with Crippen LogP contribution in [0.2, 0.25) is 0 Å². The van der Waals surface area contributed by atoms with Crippen LogP contribution in [0.1, 0.15) is 64.3 Å². The molecule has 1 saturated carbocycles. The normalized spacial score (nSPS) is 20.7. The number of carbonyl (C=O) groups excluding carboxylic acids is 1. The number of fused-ring (bicyclic) bond motifs is 4. The van der Waals surface area contributed by atoms with Crippen molar-refractivity contribution in [1.82, 2.24) is 29.4 Å². The molecule has 0 spiro atoms. The average Bonchev–Trinajstić information content (AvgIpc) is 3.65. The molecular formula is C41H37F7N6O3S. The summed E-state index contributed by atoms with van der Waals surface area (Å²) < 4.78 is 117. The van der Waals surface area contributed by atoms with Gasteiger partial charge in [-0.05, 0) is 76.9 Å². The Labute approximate surface area is 328 Å². The molecule has 58 heavy (non-hydrogen) atoms. The summed E-state index contributed by atoms with van der Waals surface area (Å²) >= 11 is 0. The molecule has 4 heterocycles. The van der Waals surface area contributed by atoms with Crippen molar-refractivity contribution < 1.29 is 44.8 Å². The Morgan fingerprint density at radius 2 is 1.78 bits per heavy atom. The number of nitrogens with zero attached hydrogens (tertiary/aromatic N) is 6. The van der Waals surface area contributed by atoms with Crippen molar-refractivity contribution in [2.24, 2.45) is 13.0 Å². The molecule has 2 aromatic carbocycles. The van der Waals surface area contributed by atoms with E-state index in [1.54, 1.807) is 42.1 Å². The quantitative estimate of drug-likeness (QED) is 0.102. The van der Waals surface area contributed by atoms with Crippen molar-refractivity contribution in [3.63, 3.8) is 0 Å². The van der Waals surface area contributed by atoms with E-state index in [4.69, 9.17) is 4.98 Å². The van der Waals surface area contributed by atoms with Crippen molar-refractivity contribution in [1.29, 1.82) is 0 Å². The number of hydrogen-bond acceptors (Lipinski definition) is 7. The van der Waals surface area contributed by atoms with Gasteiger partial charge in [0, 0.05) is 72.8 Å². The van der Waals surface area contributed by atoms with Crippen LogP contribution in [0.4, 0.5) is 30.7 Å². The summed E-state index contributed by atoms with van der Waals surface area (Å²) in [6.07, 6.45) is -4.38. The number of rotatable bonds is 10. The van der Waals surface area contributed by atoms with Crippen LogP contribution in [-0.4, -0.2) is 82.4 Å². The molecule has 0 radical (unpaired) electrons. The summed E-state index contributed by atoms with van der Waals surface area (Å²) in [5.41, 5.74) is -1.70. The van der Waals surface area contributed by atoms with Crippen molar-refractivity contribution in [3.8, 4) is 23.0 Å². The van der Waals surface area contributed by atoms with Gasteiger partial charge < -0.3 is 5.11 Å². The number of Topliss-reactive ketones (excluding diaryl/α,β-unsaturated/α-hetero) is 1. The van der Waals surface area contributed by atoms with Crippen LogP contribution in [0.25, 0.3) is 22.0 Å². The Morgan fingerprint density at radius 1 is 1.07 bits per heavy atom. The molecule has 4 atom stereocenters. The Morgan fingerprint density at radius 3 is 2.43 bits per heavy atom. The van der Waals surface area contributed by atoms with Gasteiger partial charge in [0.05, 0.1) is 22.7 Å². The number of likely N-dealkylation sites (N-methyl/N-ethyl adjacent to an activating group) is 1. The molecule has 5 aromatic rings. The Kier molecular flexibility index (Phi) is 9.44. The smallest absolute Gasteiger partial charge is 0.375 e. The summed E-state index contributed by atoms with van der Waals surface area (Å²) in [7, 11) is 0.976. The molecule has 17 heteroatoms. The fraction of sp³-hybridized carbons (Fsp3) is 0.390. The minimum Gasteiger partial charge on any atom is -0.375 e. The first-order valence-corrected chi connectivity index (χ1v) is 20.6. The highest BCUT2D eigenvalue weighted by Crippen LogP contribution is 2.68. The molecule has 8 rings (SSSR count). The summed E-state index contributed by atoms with van der Waals surface area (Å²) in [5, 5.41) is 19.6. The van der Waals surface area contributed by atoms with Crippen LogP contribution in [0.5, 0.6) is 0 Å². The molecule has 1 saturated heterocycles. The van der Waals surface area contributed by atoms with Crippen molar-refractivity contribution in [3.05, 3.63) is 99.8 Å². The van der Waals surface area contributed by atoms with E-state index in [9.17, 15) is 36.1 Å². The maximum absolute atomic E-state index is 15.4. The number of aromatic nitrogens is 5. The van der Waals surface area contributed by atoms with Crippen LogP contribution >= 0.6 is 0 Å². The highest BCUT2D eigenvalue weighted by Gasteiger charge is 2.68. The predicted molar refractivity (Wildman–Crippen MR) is 203 cm³/mol. The SMILES string of the molecule is C=S(C)(=O)Cc1nn(C)c2c(-c3ccc(C#CC4(O)CN(C)C4)nc3[C@@H](CC(=O)Cn3nc(C(F)(F)F)c4c3C(F)(F)[C@@H]3C[C@H]43)Cc3cc(F)cc(F)c3)cccc12. The van der Waals surface area contributed by atoms with Crippen LogP contribution in [-0.2, 0) is 52.2 Å². The lowest BCUT2D eigenvalue weighted by atomic mass is 9.86. The third kappa shape index (κ3) is 7.41. The lowest BCUT2D eigenvalue weighted by Gasteiger charge is -2.40. The van der Waals surface area contributed by atoms with Gasteiger partial charge in [0.25, 0.3) is 5.92 Å². The van der Waals surface area contributed by atoms with Gasteiger partial charge in [-0.15, -0.1) is 0 Å². The molecule has 1 N–H and O–H groups in total. The van der Waals surface area contributed by atoms with E-state index in [0.717, 1.165) is 12.1 Å². The summed E-state index contributed by atoms with van der Waals surface area (Å²) in [6, 6.07) is 11.4. The number of β-amino-alcohol motifs (C(OH)–C–C–N with tert-alkyl or cyclic N) is 1. The van der Waals surface area contributed by atoms with Gasteiger partial charge in [-0.1, -0.05) is 24.1 Å². The molecule has 1 aliphatic heterocycles. The maximum atomic E-state index is 15.4. The molecule has 0 amide bonds. The molecule has 9 nitrogen and oxygen atoms in total. The Balaban J connectivity index is 1.26. The van der Waals surface area contributed by atoms with Gasteiger partial charge in [-0.3, -0.25) is 23.3 Å². The predicted octanol–water partition coefficient (Wildman–Crippen LogP) is 6.20. The highest BCUT2D eigenvalue weighted by molar-refractivity contribution is 7.98. The minimum atomic E-state index is -5.04. The number of halogens is 7. The second-order valence-corrected chi connectivity index (χ2v) is 18.6. The lowest BCUT2D eigenvalue weighted by molar-refractivity contribution is -0.142. The van der Waals surface area contributed by atoms with E-state index in [1.165, 1.54) is 6.26 Å². The Hall–Kier alpha value is -5.05. The number of benzene rings is 2. The van der Waals surface area contributed by atoms with Crippen molar-refractivity contribution >= 4 is 32.1 Å². The van der Waals surface area contributed by atoms with Crippen molar-refractivity contribution in [2.45, 2.75) is 61.1 Å². The number of aliphatic hydroxyl groups is 1. The second-order valence-electron chi connectivity index (χ2n) is 15.9. The molecule has 304 valence electrons. The minimum absolute atomic E-state index is 0.0709. The fourth-order valence-corrected chi connectivity index (χ4v) is 9.38. The second kappa shape index (κ2) is 13.8. The molecule has 1 unspecified atom stereocenters. The molecule has 3 aliphatic rings. The van der Waals surface area contributed by atoms with Gasteiger partial charge in [-0.2, -0.15) is 32.1 Å². The van der Waals surface area contributed by atoms with E-state index >= 15 is 8.78 Å². The first-order valence-electron chi connectivity index (χ1n) is 18.3. The number of para-hydroxylation sites is 1. The lowest BCUT2D eigenvalue weighted by Crippen LogP contribution is -2.59. The molecule has 0 bridgehead atoms. The van der Waals surface area contributed by atoms with E-state index in [0.29, 0.717) is 38.5 Å². The summed E-state index contributed by atoms with van der Waals surface area (Å²) in [4.78, 5) is 20.8. The third-order valence-electron chi connectivity index (χ3n) is 10.9. The molecule has 2 fully saturated rings. The topological polar surface area (TPSA) is 106 Å². The number of alkyl halides is 5. The average molecular weight is 827 g/mol. The zero-order valence-corrected chi connectivity index (χ0v) is 32.3. The monoisotopic (exact) mass is 826 g/mol. The highest BCUT2D eigenvalue weighted by atomic mass is 32.2. The standard InChI is InChI=1S/C41H37F7N6O3S/c1-52-20-39(56,21-52)11-10-26-8-9-28(29-6-5-7-30-33(19-58(3,4)57)50-53(2)36(29)30)35(49-26)23(12-22-13-24(42)16-25(43)14-22)15-27(55)18-54-38-34(37(51-54)41(46,47)48)31-17-32(31)40(38,44)45/h5-9,13-14,16,23,31-32,56H,3,12,15,17-21H2,1-2,4H3/t23-,31+,32-,58?/m1/s1. The fourth-order valence-electron chi connectivity index (χ4n) is 8.59. The number of pyridine rings is 1. The van der Waals surface area contributed by atoms with Crippen LogP contribution in [0.15, 0.2) is 48.5 Å². The van der Waals surface area contributed by atoms with Crippen LogP contribution in [0.3, 0.4) is 0 Å². The van der Waals surface area contributed by atoms with E-state index in [-0.39, 0.29) is 48.6 Å². The van der Waals surface area contributed by atoms with Gasteiger partial charge in [0.15, 0.2) is 17.1 Å². The largest absolute Gasteiger partial charge is 0.435 e. The van der Waals surface area contributed by atoms with Gasteiger partial charge in [0.1, 0.15) is 29.6 Å². The maximum Gasteiger partial charge on any atom is 0.435 e. The number of ketones is 1. The third-order valence-corrected chi connectivity index (χ3v) is 11.8. The number of carbonyl (C=O) groups is 1. The zero-order valence-electron chi connectivity index (χ0n) is 31.5. The Bertz CT molecular complexity index is 2670. The number of aryl methyl sites for hydroxylation is 1. The van der Waals surface area contributed by atoms with Crippen LogP contribution in [0, 0.1) is 29.4 Å². The van der Waals surface area contributed by atoms with E-state index in [2.05, 4.69) is 27.9 Å². The first-order chi connectivity index (χ1) is 27.1. The van der Waals surface area contributed by atoms with Gasteiger partial charge in [0.2, 0.25) is 0 Å². The molecule has 2 aliphatic carbocycles. The summed E-state index contributed by atoms with van der Waals surface area (Å²) in [5.74, 6) is -0.0263. The number of likely N-dealkylation sites (tertiary alicyclic amines) is 1. The first kappa shape index (κ1) is 39.8.